The van der Waals surface area contributed by atoms with E-state index in [0.717, 1.165) is 5.56 Å². The summed E-state index contributed by atoms with van der Waals surface area (Å²) in [7, 11) is -3.67. The molecule has 0 saturated heterocycles. The first kappa shape index (κ1) is 22.1. The Hall–Kier alpha value is -2.62. The maximum absolute atomic E-state index is 13.1. The second kappa shape index (κ2) is 9.03. The molecule has 1 aromatic heterocycles. The Morgan fingerprint density at radius 1 is 1.13 bits per heavy atom. The molecule has 6 nitrogen and oxygen atoms in total. The molecule has 2 aromatic carbocycles. The molecule has 0 aliphatic carbocycles. The highest BCUT2D eigenvalue weighted by Gasteiger charge is 2.23. The van der Waals surface area contributed by atoms with Crippen molar-refractivity contribution < 1.29 is 17.6 Å². The van der Waals surface area contributed by atoms with Crippen LogP contribution in [0.5, 0.6) is 0 Å². The van der Waals surface area contributed by atoms with Crippen molar-refractivity contribution in [3.8, 4) is 11.3 Å². The second-order valence-electron chi connectivity index (χ2n) is 6.56. The monoisotopic (exact) mass is 447 g/mol. The lowest BCUT2D eigenvalue weighted by atomic mass is 10.1. The number of nitrogens with one attached hydrogen (secondary N) is 1. The minimum absolute atomic E-state index is 0.0769. The Morgan fingerprint density at radius 3 is 2.43 bits per heavy atom. The summed E-state index contributed by atoms with van der Waals surface area (Å²) in [5.74, 6) is -0.776. The van der Waals surface area contributed by atoms with Crippen LogP contribution in [0.4, 0.5) is 9.52 Å². The van der Waals surface area contributed by atoms with Crippen molar-refractivity contribution in [2.24, 2.45) is 0 Å². The lowest BCUT2D eigenvalue weighted by Crippen LogP contribution is -2.30. The van der Waals surface area contributed by atoms with Gasteiger partial charge in [-0.3, -0.25) is 10.1 Å². The van der Waals surface area contributed by atoms with Crippen molar-refractivity contribution in [3.63, 3.8) is 0 Å². The van der Waals surface area contributed by atoms with E-state index in [9.17, 15) is 17.6 Å². The Kier molecular flexibility index (Phi) is 6.64. The van der Waals surface area contributed by atoms with Gasteiger partial charge < -0.3 is 0 Å². The van der Waals surface area contributed by atoms with Crippen LogP contribution in [0.2, 0.25) is 0 Å². The molecular weight excluding hydrogens is 425 g/mol. The zero-order valence-corrected chi connectivity index (χ0v) is 18.5. The van der Waals surface area contributed by atoms with Crippen molar-refractivity contribution in [2.75, 3.05) is 18.4 Å². The fraction of sp³-hybridized carbons (Fsp3) is 0.238. The number of thiazole rings is 1. The van der Waals surface area contributed by atoms with Gasteiger partial charge >= 0.3 is 0 Å². The molecule has 3 aromatic rings. The Balaban J connectivity index is 1.85. The minimum atomic E-state index is -3.67. The number of rotatable bonds is 7. The van der Waals surface area contributed by atoms with E-state index < -0.39 is 15.9 Å². The molecule has 0 radical (unpaired) electrons. The predicted octanol–water partition coefficient (Wildman–Crippen LogP) is 4.54. The van der Waals surface area contributed by atoms with E-state index in [0.29, 0.717) is 29.5 Å². The normalized spacial score (nSPS) is 11.6. The van der Waals surface area contributed by atoms with Gasteiger partial charge in [-0.05, 0) is 48.9 Å². The first-order chi connectivity index (χ1) is 14.3. The zero-order valence-electron chi connectivity index (χ0n) is 16.8. The number of aryl methyl sites for hydroxylation is 1. The van der Waals surface area contributed by atoms with Crippen LogP contribution in [0.1, 0.15) is 29.8 Å². The number of benzene rings is 2. The summed E-state index contributed by atoms with van der Waals surface area (Å²) in [4.78, 5) is 17.3. The number of anilines is 1. The molecule has 0 aliphatic heterocycles. The van der Waals surface area contributed by atoms with E-state index in [4.69, 9.17) is 0 Å². The molecule has 0 saturated carbocycles. The van der Waals surface area contributed by atoms with E-state index in [1.165, 1.54) is 39.9 Å². The predicted molar refractivity (Wildman–Crippen MR) is 117 cm³/mol. The second-order valence-corrected chi connectivity index (χ2v) is 9.36. The highest BCUT2D eigenvalue weighted by Crippen LogP contribution is 2.26. The molecule has 0 unspecified atom stereocenters. The van der Waals surface area contributed by atoms with Gasteiger partial charge in [0.2, 0.25) is 10.0 Å². The summed E-state index contributed by atoms with van der Waals surface area (Å²) in [6.45, 7) is 5.97. The third-order valence-electron chi connectivity index (χ3n) is 4.66. The molecule has 158 valence electrons. The number of aromatic nitrogens is 1. The topological polar surface area (TPSA) is 79.4 Å². The van der Waals surface area contributed by atoms with E-state index in [2.05, 4.69) is 10.3 Å². The maximum atomic E-state index is 13.1. The van der Waals surface area contributed by atoms with Crippen LogP contribution >= 0.6 is 11.3 Å². The lowest BCUT2D eigenvalue weighted by molar-refractivity contribution is 0.102. The molecule has 30 heavy (non-hydrogen) atoms. The third-order valence-corrected chi connectivity index (χ3v) is 7.47. The van der Waals surface area contributed by atoms with E-state index in [-0.39, 0.29) is 16.3 Å². The number of sulfonamides is 1. The first-order valence-electron chi connectivity index (χ1n) is 9.39. The largest absolute Gasteiger partial charge is 0.298 e. The molecule has 1 amide bonds. The quantitative estimate of drug-likeness (QED) is 0.577. The Bertz CT molecular complexity index is 1150. The summed E-state index contributed by atoms with van der Waals surface area (Å²) >= 11 is 1.24. The van der Waals surface area contributed by atoms with Crippen LogP contribution in [0.15, 0.2) is 52.7 Å². The van der Waals surface area contributed by atoms with Gasteiger partial charge in [0.1, 0.15) is 5.82 Å². The number of carbonyl (C=O) groups is 1. The van der Waals surface area contributed by atoms with Gasteiger partial charge in [0.05, 0.1) is 10.6 Å². The van der Waals surface area contributed by atoms with Crippen molar-refractivity contribution >= 4 is 32.4 Å². The molecule has 3 rings (SSSR count). The van der Waals surface area contributed by atoms with Crippen molar-refractivity contribution in [1.29, 1.82) is 0 Å². The van der Waals surface area contributed by atoms with Crippen molar-refractivity contribution in [2.45, 2.75) is 25.7 Å². The molecule has 0 bridgehead atoms. The van der Waals surface area contributed by atoms with E-state index in [1.807, 2.05) is 0 Å². The number of halogens is 1. The zero-order chi connectivity index (χ0) is 21.9. The fourth-order valence-electron chi connectivity index (χ4n) is 2.97. The van der Waals surface area contributed by atoms with Crippen LogP contribution in [0.25, 0.3) is 11.3 Å². The molecule has 0 fully saturated rings. The standard InChI is InChI=1S/C21H22FN3O3S2/c1-4-25(5-2)30(27,28)17-11-6-14(3)18(12-17)20(26)24-21-23-19(13-29-21)15-7-9-16(22)10-8-15/h6-13H,4-5H2,1-3H3,(H,23,24,26). The van der Waals surface area contributed by atoms with Crippen LogP contribution in [0, 0.1) is 12.7 Å². The van der Waals surface area contributed by atoms with Crippen LogP contribution < -0.4 is 5.32 Å². The lowest BCUT2D eigenvalue weighted by Gasteiger charge is -2.19. The summed E-state index contributed by atoms with van der Waals surface area (Å²) in [6.07, 6.45) is 0. The minimum Gasteiger partial charge on any atom is -0.298 e. The smallest absolute Gasteiger partial charge is 0.257 e. The van der Waals surface area contributed by atoms with Gasteiger partial charge in [-0.25, -0.2) is 17.8 Å². The van der Waals surface area contributed by atoms with Crippen molar-refractivity contribution in [3.05, 3.63) is 64.8 Å². The molecule has 0 aliphatic rings. The van der Waals surface area contributed by atoms with Gasteiger partial charge in [0.15, 0.2) is 5.13 Å². The van der Waals surface area contributed by atoms with Gasteiger partial charge in [0, 0.05) is 29.6 Å². The molecule has 1 heterocycles. The van der Waals surface area contributed by atoms with Crippen LogP contribution in [-0.4, -0.2) is 36.7 Å². The Labute approximate surface area is 179 Å². The van der Waals surface area contributed by atoms with E-state index in [1.54, 1.807) is 44.4 Å². The summed E-state index contributed by atoms with van der Waals surface area (Å²) in [5, 5.41) is 4.85. The summed E-state index contributed by atoms with van der Waals surface area (Å²) < 4.78 is 40.0. The summed E-state index contributed by atoms with van der Waals surface area (Å²) in [5.41, 5.74) is 2.27. The molecule has 9 heteroatoms. The average Bonchev–Trinajstić information content (AvgIpc) is 3.17. The Morgan fingerprint density at radius 2 is 1.80 bits per heavy atom. The number of carbonyl (C=O) groups excluding carboxylic acids is 1. The van der Waals surface area contributed by atoms with Crippen LogP contribution in [-0.2, 0) is 10.0 Å². The van der Waals surface area contributed by atoms with Gasteiger partial charge in [-0.15, -0.1) is 11.3 Å². The maximum Gasteiger partial charge on any atom is 0.257 e. The van der Waals surface area contributed by atoms with Crippen molar-refractivity contribution in [1.82, 2.24) is 9.29 Å². The van der Waals surface area contributed by atoms with Gasteiger partial charge in [0.25, 0.3) is 5.91 Å². The average molecular weight is 448 g/mol. The number of amides is 1. The fourth-order valence-corrected chi connectivity index (χ4v) is 5.17. The highest BCUT2D eigenvalue weighted by atomic mass is 32.2. The van der Waals surface area contributed by atoms with Gasteiger partial charge in [-0.2, -0.15) is 4.31 Å². The van der Waals surface area contributed by atoms with E-state index >= 15 is 0 Å². The SMILES string of the molecule is CCN(CC)S(=O)(=O)c1ccc(C)c(C(=O)Nc2nc(-c3ccc(F)cc3)cs2)c1. The number of hydrogen-bond acceptors (Lipinski definition) is 5. The van der Waals surface area contributed by atoms with Crippen LogP contribution in [0.3, 0.4) is 0 Å². The molecule has 1 N–H and O–H groups in total. The van der Waals surface area contributed by atoms with Gasteiger partial charge in [-0.1, -0.05) is 19.9 Å². The number of nitrogens with zero attached hydrogens (tertiary/aromatic N) is 2. The summed E-state index contributed by atoms with van der Waals surface area (Å²) in [6, 6.07) is 10.4. The molecular formula is C21H22FN3O3S2. The number of hydrogen-bond donors (Lipinski definition) is 1. The third kappa shape index (κ3) is 4.58. The molecule has 0 atom stereocenters. The first-order valence-corrected chi connectivity index (χ1v) is 11.7. The highest BCUT2D eigenvalue weighted by molar-refractivity contribution is 7.89. The molecule has 0 spiro atoms.